The second kappa shape index (κ2) is 8.09. The van der Waals surface area contributed by atoms with Gasteiger partial charge >= 0.3 is 0 Å². The Labute approximate surface area is 186 Å². The number of aromatic nitrogens is 1. The largest absolute Gasteiger partial charge is 0.348 e. The first kappa shape index (κ1) is 20.8. The van der Waals surface area contributed by atoms with Crippen molar-refractivity contribution in [2.24, 2.45) is 0 Å². The predicted molar refractivity (Wildman–Crippen MR) is 127 cm³/mol. The number of benzene rings is 3. The minimum atomic E-state index is -2.58. The quantitative estimate of drug-likeness (QED) is 0.374. The zero-order valence-electron chi connectivity index (χ0n) is 17.2. The summed E-state index contributed by atoms with van der Waals surface area (Å²) in [6.07, 6.45) is 2.56. The lowest BCUT2D eigenvalue weighted by molar-refractivity contribution is 0.0941. The number of hydrogen-bond acceptors (Lipinski definition) is 3. The van der Waals surface area contributed by atoms with Crippen molar-refractivity contribution >= 4 is 27.4 Å². The van der Waals surface area contributed by atoms with Crippen molar-refractivity contribution < 1.29 is 18.3 Å². The molecule has 1 fully saturated rings. The number of fused-ring (bicyclic) bond motifs is 1. The van der Waals surface area contributed by atoms with Crippen LogP contribution in [0.2, 0.25) is 0 Å². The zero-order chi connectivity index (χ0) is 22.3. The summed E-state index contributed by atoms with van der Waals surface area (Å²) >= 11 is 0. The van der Waals surface area contributed by atoms with E-state index >= 15 is 0 Å². The molecule has 0 saturated carbocycles. The first-order valence-electron chi connectivity index (χ1n) is 10.4. The number of hydrogen-bond donors (Lipinski definition) is 3. The number of nitrogens with zero attached hydrogens (tertiary/aromatic N) is 1. The molecule has 7 heteroatoms. The molecule has 0 spiro atoms. The van der Waals surface area contributed by atoms with Gasteiger partial charge in [0.25, 0.3) is 5.91 Å². The normalized spacial score (nSPS) is 18.5. The van der Waals surface area contributed by atoms with Crippen molar-refractivity contribution in [2.75, 3.05) is 11.5 Å². The summed E-state index contributed by atoms with van der Waals surface area (Å²) in [6.45, 7) is 0. The van der Waals surface area contributed by atoms with Gasteiger partial charge in [-0.25, -0.2) is 4.39 Å². The number of nitrogens with one attached hydrogen (secondary N) is 1. The van der Waals surface area contributed by atoms with E-state index in [0.29, 0.717) is 17.7 Å². The van der Waals surface area contributed by atoms with E-state index in [0.717, 1.165) is 27.7 Å². The van der Waals surface area contributed by atoms with Gasteiger partial charge in [-0.2, -0.15) is 10.6 Å². The van der Waals surface area contributed by atoms with Crippen LogP contribution in [0.15, 0.2) is 79.0 Å². The molecule has 32 heavy (non-hydrogen) atoms. The van der Waals surface area contributed by atoms with Crippen LogP contribution >= 0.6 is 10.6 Å². The summed E-state index contributed by atoms with van der Waals surface area (Å²) in [5.74, 6) is -0.0335. The van der Waals surface area contributed by atoms with E-state index in [1.54, 1.807) is 18.2 Å². The highest BCUT2D eigenvalue weighted by Gasteiger charge is 2.29. The third-order valence-corrected chi connectivity index (χ3v) is 7.68. The van der Waals surface area contributed by atoms with Crippen molar-refractivity contribution in [1.82, 2.24) is 9.88 Å². The Bertz CT molecular complexity index is 1290. The van der Waals surface area contributed by atoms with Gasteiger partial charge in [-0.15, -0.1) is 0 Å². The summed E-state index contributed by atoms with van der Waals surface area (Å²) in [5, 5.41) is 3.90. The first-order valence-corrected chi connectivity index (χ1v) is 12.3. The van der Waals surface area contributed by atoms with E-state index in [2.05, 4.69) is 5.32 Å². The third kappa shape index (κ3) is 4.02. The van der Waals surface area contributed by atoms with Gasteiger partial charge in [-0.05, 0) is 48.4 Å². The predicted octanol–water partition coefficient (Wildman–Crippen LogP) is 5.69. The molecule has 0 bridgehead atoms. The van der Waals surface area contributed by atoms with Crippen LogP contribution in [0.5, 0.6) is 0 Å². The molecule has 3 N–H and O–H groups in total. The Morgan fingerprint density at radius 1 is 1.03 bits per heavy atom. The Hall–Kier alpha value is -3.13. The maximum Gasteiger partial charge on any atom is 0.251 e. The lowest BCUT2D eigenvalue weighted by Gasteiger charge is -2.26. The van der Waals surface area contributed by atoms with Gasteiger partial charge in [0.05, 0.1) is 11.3 Å². The van der Waals surface area contributed by atoms with Crippen molar-refractivity contribution in [3.05, 3.63) is 90.4 Å². The summed E-state index contributed by atoms with van der Waals surface area (Å²) in [5.41, 5.74) is 4.18. The van der Waals surface area contributed by atoms with E-state index in [9.17, 15) is 18.3 Å². The molecular formula is C25H23FN2O3S. The van der Waals surface area contributed by atoms with Crippen molar-refractivity contribution in [1.29, 1.82) is 0 Å². The second-order valence-electron chi connectivity index (χ2n) is 8.12. The number of halogens is 1. The van der Waals surface area contributed by atoms with Gasteiger partial charge in [0.15, 0.2) is 0 Å². The van der Waals surface area contributed by atoms with E-state index in [1.165, 1.54) is 12.1 Å². The lowest BCUT2D eigenvalue weighted by atomic mass is 10.0. The molecule has 4 aromatic rings. The molecule has 164 valence electrons. The van der Waals surface area contributed by atoms with Crippen LogP contribution < -0.4 is 5.32 Å². The number of carbonyl (C=O) groups is 1. The highest BCUT2D eigenvalue weighted by molar-refractivity contribution is 8.24. The van der Waals surface area contributed by atoms with Crippen LogP contribution in [0.4, 0.5) is 4.39 Å². The molecule has 5 rings (SSSR count). The Morgan fingerprint density at radius 3 is 2.47 bits per heavy atom. The maximum atomic E-state index is 13.5. The molecule has 1 aromatic heterocycles. The van der Waals surface area contributed by atoms with Gasteiger partial charge in [-0.1, -0.05) is 36.4 Å². The van der Waals surface area contributed by atoms with Crippen LogP contribution in [0.1, 0.15) is 16.8 Å². The van der Waals surface area contributed by atoms with Crippen molar-refractivity contribution in [3.8, 4) is 16.8 Å². The Balaban J connectivity index is 1.57. The Morgan fingerprint density at radius 2 is 1.78 bits per heavy atom. The maximum absolute atomic E-state index is 13.5. The molecule has 1 aliphatic rings. The van der Waals surface area contributed by atoms with Gasteiger partial charge in [-0.3, -0.25) is 13.9 Å². The van der Waals surface area contributed by atoms with E-state index < -0.39 is 10.6 Å². The fraction of sp³-hybridized carbons (Fsp3) is 0.160. The molecular weight excluding hydrogens is 427 g/mol. The van der Waals surface area contributed by atoms with E-state index in [4.69, 9.17) is 0 Å². The summed E-state index contributed by atoms with van der Waals surface area (Å²) in [7, 11) is -2.58. The number of rotatable bonds is 4. The molecule has 3 aromatic carbocycles. The van der Waals surface area contributed by atoms with Crippen LogP contribution in [0.3, 0.4) is 0 Å². The zero-order valence-corrected chi connectivity index (χ0v) is 18.1. The fourth-order valence-corrected chi connectivity index (χ4v) is 5.96. The third-order valence-electron chi connectivity index (χ3n) is 5.85. The fourth-order valence-electron chi connectivity index (χ4n) is 4.23. The monoisotopic (exact) mass is 450 g/mol. The second-order valence-corrected chi connectivity index (χ2v) is 10.5. The minimum absolute atomic E-state index is 0.200. The number of carbonyl (C=O) groups excluding carboxylic acids is 1. The minimum Gasteiger partial charge on any atom is -0.348 e. The highest BCUT2D eigenvalue weighted by atomic mass is 32.3. The average molecular weight is 451 g/mol. The van der Waals surface area contributed by atoms with Gasteiger partial charge in [0.2, 0.25) is 0 Å². The molecule has 2 heterocycles. The van der Waals surface area contributed by atoms with Crippen LogP contribution in [-0.2, 0) is 0 Å². The summed E-state index contributed by atoms with van der Waals surface area (Å²) in [4.78, 5) is 12.9. The van der Waals surface area contributed by atoms with Crippen LogP contribution in [0, 0.1) is 5.82 Å². The van der Waals surface area contributed by atoms with Gasteiger partial charge < -0.3 is 9.88 Å². The standard InChI is InChI=1S/C25H23FN2O3S/c26-19-7-9-21(10-8-19)28-15-23(17-4-2-1-3-5-17)22-11-6-18(14-24(22)28)25(29)27-20-12-13-32(30,31)16-20/h1-11,14-15,20,30-31H,12-13,16H2,(H,27,29). The lowest BCUT2D eigenvalue weighted by Crippen LogP contribution is -2.35. The highest BCUT2D eigenvalue weighted by Crippen LogP contribution is 2.45. The molecule has 1 aliphatic heterocycles. The van der Waals surface area contributed by atoms with Gasteiger partial charge in [0.1, 0.15) is 5.82 Å². The summed E-state index contributed by atoms with van der Waals surface area (Å²) in [6, 6.07) is 21.5. The summed E-state index contributed by atoms with van der Waals surface area (Å²) < 4.78 is 35.1. The first-order chi connectivity index (χ1) is 15.4. The molecule has 1 amide bonds. The molecule has 1 saturated heterocycles. The SMILES string of the molecule is O=C(NC1CCS(O)(O)C1)c1ccc2c(-c3ccccc3)cn(-c3ccc(F)cc3)c2c1. The number of amides is 1. The molecule has 0 aliphatic carbocycles. The smallest absolute Gasteiger partial charge is 0.251 e. The van der Waals surface area contributed by atoms with Crippen LogP contribution in [-0.4, -0.2) is 37.1 Å². The molecule has 1 unspecified atom stereocenters. The molecule has 0 radical (unpaired) electrons. The van der Waals surface area contributed by atoms with Crippen molar-refractivity contribution in [2.45, 2.75) is 12.5 Å². The topological polar surface area (TPSA) is 74.5 Å². The van der Waals surface area contributed by atoms with E-state index in [-0.39, 0.29) is 23.5 Å². The van der Waals surface area contributed by atoms with Crippen LogP contribution in [0.25, 0.3) is 27.7 Å². The molecule has 5 nitrogen and oxygen atoms in total. The van der Waals surface area contributed by atoms with E-state index in [1.807, 2.05) is 53.2 Å². The van der Waals surface area contributed by atoms with Crippen molar-refractivity contribution in [3.63, 3.8) is 0 Å². The molecule has 1 atom stereocenters. The average Bonchev–Trinajstić information content (AvgIpc) is 3.34. The Kier molecular flexibility index (Phi) is 5.25. The van der Waals surface area contributed by atoms with Gasteiger partial charge in [0, 0.05) is 40.2 Å².